The molecule has 0 fully saturated rings. The van der Waals surface area contributed by atoms with Crippen molar-refractivity contribution in [3.63, 3.8) is 0 Å². The van der Waals surface area contributed by atoms with Crippen molar-refractivity contribution in [1.82, 2.24) is 0 Å². The Labute approximate surface area is 83.6 Å². The van der Waals surface area contributed by atoms with Crippen LogP contribution in [0.15, 0.2) is 11.6 Å². The predicted molar refractivity (Wildman–Crippen MR) is 49.9 cm³/mol. The molecule has 0 saturated heterocycles. The number of aliphatic carboxylic acids is 1. The first kappa shape index (κ1) is 15.1. The molecule has 0 radical (unpaired) electrons. The van der Waals surface area contributed by atoms with E-state index in [1.54, 1.807) is 20.2 Å². The van der Waals surface area contributed by atoms with Gasteiger partial charge in [0.1, 0.15) is 0 Å². The molecule has 0 saturated carbocycles. The second-order valence-electron chi connectivity index (χ2n) is 2.89. The molecule has 0 aromatic rings. The first-order valence-electron chi connectivity index (χ1n) is 4.24. The van der Waals surface area contributed by atoms with E-state index in [0.29, 0.717) is 10.5 Å². The number of carbonyl (C=O) groups excluding carboxylic acids is 1. The molecule has 82 valence electrons. The molecule has 0 aliphatic rings. The Morgan fingerprint density at radius 3 is 1.86 bits per heavy atom. The highest BCUT2D eigenvalue weighted by atomic mass is 16.4. The van der Waals surface area contributed by atoms with Gasteiger partial charge in [-0.3, -0.25) is 0 Å². The largest absolute Gasteiger partial charge is 0.545 e. The third-order valence-corrected chi connectivity index (χ3v) is 1.26. The van der Waals surface area contributed by atoms with Gasteiger partial charge >= 0.3 is 6.09 Å². The maximum Gasteiger partial charge on any atom is 0.511 e. The lowest BCUT2D eigenvalue weighted by molar-refractivity contribution is -0.777. The van der Waals surface area contributed by atoms with Crippen LogP contribution < -0.4 is 10.0 Å². The van der Waals surface area contributed by atoms with Gasteiger partial charge in [0.15, 0.2) is 0 Å². The van der Waals surface area contributed by atoms with Crippen molar-refractivity contribution >= 4 is 12.1 Å². The number of carbonyl (C=O) groups is 2. The number of hydrogen-bond donors (Lipinski definition) is 2. The number of rotatable bonds is 2. The molecule has 1 amide bonds. The standard InChI is InChI=1S/C6H10O2.C3H7NO2/c1-3-4-5(2)6(7)8;1-4(2)3(5)6/h4H,3H2,1-2H3,(H,7,8);1-2H3,(H,5,6). The van der Waals surface area contributed by atoms with Crippen molar-refractivity contribution in [2.75, 3.05) is 14.1 Å². The Hall–Kier alpha value is -1.36. The Balaban J connectivity index is 0. The van der Waals surface area contributed by atoms with Crippen LogP contribution in [0.3, 0.4) is 0 Å². The predicted octanol–water partition coefficient (Wildman–Crippen LogP) is -1.10. The third kappa shape index (κ3) is 10.6. The second-order valence-corrected chi connectivity index (χ2v) is 2.89. The van der Waals surface area contributed by atoms with E-state index in [-0.39, 0.29) is 0 Å². The molecular formula is C9H17NO4. The zero-order valence-corrected chi connectivity index (χ0v) is 8.96. The Bertz CT molecular complexity index is 221. The highest BCUT2D eigenvalue weighted by Gasteiger charge is 2.00. The molecule has 0 spiro atoms. The van der Waals surface area contributed by atoms with Crippen LogP contribution in [-0.2, 0) is 4.79 Å². The summed E-state index contributed by atoms with van der Waals surface area (Å²) in [5.41, 5.74) is 0.313. The van der Waals surface area contributed by atoms with E-state index >= 15 is 0 Å². The molecule has 0 aliphatic heterocycles. The van der Waals surface area contributed by atoms with Gasteiger partial charge < -0.3 is 15.0 Å². The Morgan fingerprint density at radius 2 is 1.79 bits per heavy atom. The number of hydrogen-bond acceptors (Lipinski definition) is 3. The molecule has 0 aromatic carbocycles. The molecule has 2 N–H and O–H groups in total. The topological polar surface area (TPSA) is 81.9 Å². The van der Waals surface area contributed by atoms with Crippen LogP contribution in [0, 0.1) is 0 Å². The molecule has 0 unspecified atom stereocenters. The maximum atomic E-state index is 9.91. The van der Waals surface area contributed by atoms with Crippen LogP contribution in [0.5, 0.6) is 0 Å². The lowest BCUT2D eigenvalue weighted by atomic mass is 10.2. The summed E-state index contributed by atoms with van der Waals surface area (Å²) >= 11 is 0. The number of carboxylic acid groups (broad SMARTS) is 2. The summed E-state index contributed by atoms with van der Waals surface area (Å²) < 4.78 is 0. The van der Waals surface area contributed by atoms with Crippen LogP contribution >= 0.6 is 0 Å². The Morgan fingerprint density at radius 1 is 1.43 bits per heavy atom. The number of carboxylic acids is 1. The fourth-order valence-corrected chi connectivity index (χ4v) is 0.390. The third-order valence-electron chi connectivity index (χ3n) is 1.26. The molecule has 5 nitrogen and oxygen atoms in total. The number of nitrogens with one attached hydrogen (secondary N) is 1. The van der Waals surface area contributed by atoms with Gasteiger partial charge in [0.05, 0.1) is 20.1 Å². The number of amides is 1. The van der Waals surface area contributed by atoms with Crippen molar-refractivity contribution < 1.29 is 24.7 Å². The quantitative estimate of drug-likeness (QED) is 0.558. The summed E-state index contributed by atoms with van der Waals surface area (Å²) in [5.74, 6) is -1.08. The maximum absolute atomic E-state index is 9.91. The van der Waals surface area contributed by atoms with Gasteiger partial charge in [0.2, 0.25) is 0 Å². The molecule has 0 aromatic heterocycles. The summed E-state index contributed by atoms with van der Waals surface area (Å²) in [4.78, 5) is 20.0. The average molecular weight is 203 g/mol. The van der Waals surface area contributed by atoms with Crippen molar-refractivity contribution in [2.45, 2.75) is 20.3 Å². The van der Waals surface area contributed by atoms with Crippen molar-refractivity contribution in [2.24, 2.45) is 0 Å². The van der Waals surface area contributed by atoms with Crippen LogP contribution in [0.25, 0.3) is 0 Å². The van der Waals surface area contributed by atoms with Gasteiger partial charge in [-0.2, -0.15) is 4.79 Å². The first-order valence-corrected chi connectivity index (χ1v) is 4.24. The summed E-state index contributed by atoms with van der Waals surface area (Å²) in [6.45, 7) is 3.41. The second kappa shape index (κ2) is 8.25. The molecule has 0 aliphatic carbocycles. The summed E-state index contributed by atoms with van der Waals surface area (Å²) in [5, 5.41) is 17.9. The van der Waals surface area contributed by atoms with Crippen molar-refractivity contribution in [1.29, 1.82) is 0 Å². The lowest BCUT2D eigenvalue weighted by Gasteiger charge is -1.97. The highest BCUT2D eigenvalue weighted by Crippen LogP contribution is 1.90. The van der Waals surface area contributed by atoms with E-state index in [1.807, 2.05) is 6.92 Å². The van der Waals surface area contributed by atoms with E-state index in [0.717, 1.165) is 6.42 Å². The van der Waals surface area contributed by atoms with Gasteiger partial charge in [-0.15, -0.1) is 0 Å². The number of quaternary nitrogens is 1. The van der Waals surface area contributed by atoms with Gasteiger partial charge in [-0.05, 0) is 18.9 Å². The molecular weight excluding hydrogens is 186 g/mol. The van der Waals surface area contributed by atoms with Crippen molar-refractivity contribution in [3.8, 4) is 0 Å². The Kier molecular flexibility index (Phi) is 8.91. The van der Waals surface area contributed by atoms with E-state index in [4.69, 9.17) is 5.11 Å². The summed E-state index contributed by atoms with van der Waals surface area (Å²) in [6, 6.07) is 0. The fraction of sp³-hybridized carbons (Fsp3) is 0.556. The van der Waals surface area contributed by atoms with Crippen LogP contribution in [-0.4, -0.2) is 31.3 Å². The molecule has 14 heavy (non-hydrogen) atoms. The van der Waals surface area contributed by atoms with Crippen LogP contribution in [0.4, 0.5) is 4.79 Å². The van der Waals surface area contributed by atoms with Gasteiger partial charge in [-0.25, -0.2) is 4.90 Å². The van der Waals surface area contributed by atoms with Gasteiger partial charge in [0, 0.05) is 0 Å². The first-order chi connectivity index (χ1) is 6.32. The van der Waals surface area contributed by atoms with E-state index in [2.05, 4.69) is 0 Å². The zero-order chi connectivity index (χ0) is 11.7. The minimum absolute atomic E-state index is 0.313. The lowest BCUT2D eigenvalue weighted by Crippen LogP contribution is -3.08. The van der Waals surface area contributed by atoms with Gasteiger partial charge in [0.25, 0.3) is 0 Å². The average Bonchev–Trinajstić information content (AvgIpc) is 2.05. The van der Waals surface area contributed by atoms with Crippen molar-refractivity contribution in [3.05, 3.63) is 11.6 Å². The summed E-state index contributed by atoms with van der Waals surface area (Å²) in [7, 11) is 3.12. The fourth-order valence-electron chi connectivity index (χ4n) is 0.390. The molecule has 0 heterocycles. The van der Waals surface area contributed by atoms with Gasteiger partial charge in [-0.1, -0.05) is 13.0 Å². The molecule has 0 bridgehead atoms. The molecule has 5 heteroatoms. The summed E-state index contributed by atoms with van der Waals surface area (Å²) in [6.07, 6.45) is 1.55. The van der Waals surface area contributed by atoms with Crippen LogP contribution in [0.1, 0.15) is 20.3 Å². The smallest absolute Gasteiger partial charge is 0.511 e. The van der Waals surface area contributed by atoms with E-state index < -0.39 is 12.1 Å². The SMILES string of the molecule is CCC=C(C)C(=O)[O-].C[NH+](C)C(=O)O. The molecule has 0 rings (SSSR count). The van der Waals surface area contributed by atoms with Crippen LogP contribution in [0.2, 0.25) is 0 Å². The molecule has 0 atom stereocenters. The highest BCUT2D eigenvalue weighted by molar-refractivity contribution is 5.83. The van der Waals surface area contributed by atoms with E-state index in [9.17, 15) is 14.7 Å². The monoisotopic (exact) mass is 203 g/mol. The minimum atomic E-state index is -1.08. The number of allylic oxidation sites excluding steroid dienone is 1. The minimum Gasteiger partial charge on any atom is -0.545 e. The normalized spacial score (nSPS) is 10.5. The zero-order valence-electron chi connectivity index (χ0n) is 8.96. The van der Waals surface area contributed by atoms with E-state index in [1.165, 1.54) is 6.92 Å².